The van der Waals surface area contributed by atoms with E-state index >= 15 is 0 Å². The maximum absolute atomic E-state index is 13.0. The number of hydrogen-bond acceptors (Lipinski definition) is 6. The number of cyclic esters (lactones) is 1. The molecular weight excluding hydrogens is 468 g/mol. The Balaban J connectivity index is 1.07. The molecule has 3 heterocycles. The van der Waals surface area contributed by atoms with Crippen LogP contribution in [0.5, 0.6) is 0 Å². The number of amides is 2. The maximum Gasteiger partial charge on any atom is 0.312 e. The second kappa shape index (κ2) is 9.62. The smallest absolute Gasteiger partial charge is 0.312 e. The van der Waals surface area contributed by atoms with Crippen molar-refractivity contribution in [2.24, 2.45) is 5.41 Å². The molecule has 4 fully saturated rings. The summed E-state index contributed by atoms with van der Waals surface area (Å²) in [5.74, 6) is -0.261. The Morgan fingerprint density at radius 1 is 1.09 bits per heavy atom. The standard InChI is InChI=1S/C26H35ClN4O4/c1-19(32)28-26(6-7-26)23(33)31-11-8-25(9-12-31)18-22(35-24(25)34)5-10-29-13-15-30(16-14-29)21-4-2-3-20(27)17-21/h2-4,17,22H,5-16,18H2,1H3,(H,28,32)/t22-/m0/s1. The van der Waals surface area contributed by atoms with Gasteiger partial charge < -0.3 is 19.9 Å². The van der Waals surface area contributed by atoms with Crippen molar-refractivity contribution in [3.05, 3.63) is 29.3 Å². The summed E-state index contributed by atoms with van der Waals surface area (Å²) in [5, 5.41) is 3.59. The van der Waals surface area contributed by atoms with Crippen LogP contribution in [0.4, 0.5) is 5.69 Å². The molecule has 5 rings (SSSR count). The van der Waals surface area contributed by atoms with Crippen molar-refractivity contribution in [1.29, 1.82) is 0 Å². The van der Waals surface area contributed by atoms with Crippen LogP contribution in [-0.4, -0.2) is 85.0 Å². The van der Waals surface area contributed by atoms with Gasteiger partial charge in [-0.25, -0.2) is 0 Å². The zero-order valence-corrected chi connectivity index (χ0v) is 21.2. The number of halogens is 1. The minimum atomic E-state index is -0.703. The molecule has 1 saturated carbocycles. The van der Waals surface area contributed by atoms with Crippen LogP contribution < -0.4 is 10.2 Å². The lowest BCUT2D eigenvalue weighted by Crippen LogP contribution is -2.54. The summed E-state index contributed by atoms with van der Waals surface area (Å²) < 4.78 is 5.83. The number of piperidine rings is 1. The van der Waals surface area contributed by atoms with Gasteiger partial charge in [0.05, 0.1) is 5.41 Å². The molecule has 1 spiro atoms. The lowest BCUT2D eigenvalue weighted by Gasteiger charge is -2.38. The zero-order valence-electron chi connectivity index (χ0n) is 20.4. The molecule has 1 aliphatic carbocycles. The molecule has 0 unspecified atom stereocenters. The number of benzene rings is 1. The summed E-state index contributed by atoms with van der Waals surface area (Å²) in [5.41, 5.74) is 0.00171. The fourth-order valence-corrected chi connectivity index (χ4v) is 6.11. The summed E-state index contributed by atoms with van der Waals surface area (Å²) in [6, 6.07) is 8.00. The van der Waals surface area contributed by atoms with Crippen molar-refractivity contribution >= 4 is 35.1 Å². The lowest BCUT2D eigenvalue weighted by atomic mass is 9.75. The molecule has 1 aromatic rings. The maximum atomic E-state index is 13.0. The predicted octanol–water partition coefficient (Wildman–Crippen LogP) is 2.45. The summed E-state index contributed by atoms with van der Waals surface area (Å²) in [7, 11) is 0. The monoisotopic (exact) mass is 502 g/mol. The quantitative estimate of drug-likeness (QED) is 0.602. The van der Waals surface area contributed by atoms with Gasteiger partial charge in [-0.15, -0.1) is 0 Å². The number of nitrogens with zero attached hydrogens (tertiary/aromatic N) is 3. The van der Waals surface area contributed by atoms with Crippen LogP contribution in [0.2, 0.25) is 5.02 Å². The van der Waals surface area contributed by atoms with Gasteiger partial charge in [0.1, 0.15) is 11.6 Å². The van der Waals surface area contributed by atoms with Gasteiger partial charge in [-0.2, -0.15) is 0 Å². The van der Waals surface area contributed by atoms with E-state index in [2.05, 4.69) is 21.2 Å². The minimum absolute atomic E-state index is 0.00220. The normalized spacial score (nSPS) is 25.4. The van der Waals surface area contributed by atoms with E-state index in [1.807, 2.05) is 23.1 Å². The fraction of sp³-hybridized carbons (Fsp3) is 0.654. The number of anilines is 1. The van der Waals surface area contributed by atoms with Crippen molar-refractivity contribution in [1.82, 2.24) is 15.1 Å². The van der Waals surface area contributed by atoms with Crippen LogP contribution in [0.15, 0.2) is 24.3 Å². The van der Waals surface area contributed by atoms with Crippen LogP contribution in [0.25, 0.3) is 0 Å². The van der Waals surface area contributed by atoms with Gasteiger partial charge in [0, 0.05) is 69.9 Å². The number of carbonyl (C=O) groups excluding carboxylic acids is 3. The van der Waals surface area contributed by atoms with E-state index in [4.69, 9.17) is 16.3 Å². The summed E-state index contributed by atoms with van der Waals surface area (Å²) in [6.07, 6.45) is 4.22. The molecule has 35 heavy (non-hydrogen) atoms. The van der Waals surface area contributed by atoms with E-state index in [-0.39, 0.29) is 23.9 Å². The second-order valence-electron chi connectivity index (χ2n) is 10.7. The molecule has 0 radical (unpaired) electrons. The van der Waals surface area contributed by atoms with Gasteiger partial charge in [-0.05, 0) is 50.3 Å². The number of ether oxygens (including phenoxy) is 1. The van der Waals surface area contributed by atoms with Crippen molar-refractivity contribution in [2.45, 2.75) is 57.1 Å². The van der Waals surface area contributed by atoms with Crippen molar-refractivity contribution < 1.29 is 19.1 Å². The van der Waals surface area contributed by atoms with E-state index in [1.165, 1.54) is 12.6 Å². The molecule has 3 saturated heterocycles. The lowest BCUT2D eigenvalue weighted by molar-refractivity contribution is -0.153. The van der Waals surface area contributed by atoms with Gasteiger partial charge in [-0.1, -0.05) is 17.7 Å². The number of likely N-dealkylation sites (tertiary alicyclic amines) is 1. The highest BCUT2D eigenvalue weighted by Gasteiger charge is 2.55. The van der Waals surface area contributed by atoms with Gasteiger partial charge in [0.15, 0.2) is 0 Å². The van der Waals surface area contributed by atoms with Crippen LogP contribution >= 0.6 is 11.6 Å². The molecule has 1 N–H and O–H groups in total. The Hall–Kier alpha value is -2.32. The van der Waals surface area contributed by atoms with Gasteiger partial charge >= 0.3 is 5.97 Å². The Kier molecular flexibility index (Phi) is 6.70. The molecule has 2 amide bonds. The van der Waals surface area contributed by atoms with E-state index in [0.717, 1.165) is 50.6 Å². The fourth-order valence-electron chi connectivity index (χ4n) is 5.93. The van der Waals surface area contributed by atoms with Gasteiger partial charge in [0.2, 0.25) is 11.8 Å². The van der Waals surface area contributed by atoms with E-state index < -0.39 is 11.0 Å². The Morgan fingerprint density at radius 2 is 1.80 bits per heavy atom. The molecular formula is C26H35ClN4O4. The predicted molar refractivity (Wildman–Crippen MR) is 133 cm³/mol. The molecule has 3 aliphatic heterocycles. The SMILES string of the molecule is CC(=O)NC1(C(=O)N2CCC3(CC2)C[C@H](CCN2CCN(c4cccc(Cl)c4)CC2)OC3=O)CC1. The van der Waals surface area contributed by atoms with Gasteiger partial charge in [-0.3, -0.25) is 19.3 Å². The number of carbonyl (C=O) groups is 3. The second-order valence-corrected chi connectivity index (χ2v) is 11.1. The Morgan fingerprint density at radius 3 is 2.43 bits per heavy atom. The zero-order chi connectivity index (χ0) is 24.6. The highest BCUT2D eigenvalue weighted by molar-refractivity contribution is 6.30. The van der Waals surface area contributed by atoms with Gasteiger partial charge in [0.25, 0.3) is 0 Å². The Bertz CT molecular complexity index is 981. The van der Waals surface area contributed by atoms with Crippen molar-refractivity contribution in [3.8, 4) is 0 Å². The third kappa shape index (κ3) is 5.14. The van der Waals surface area contributed by atoms with E-state index in [1.54, 1.807) is 0 Å². The van der Waals surface area contributed by atoms with Crippen LogP contribution in [0, 0.1) is 5.41 Å². The van der Waals surface area contributed by atoms with Crippen LogP contribution in [-0.2, 0) is 19.1 Å². The topological polar surface area (TPSA) is 82.2 Å². The first-order chi connectivity index (χ1) is 16.8. The minimum Gasteiger partial charge on any atom is -0.462 e. The first-order valence-electron chi connectivity index (χ1n) is 12.8. The molecule has 0 bridgehead atoms. The highest BCUT2D eigenvalue weighted by Crippen LogP contribution is 2.45. The van der Waals surface area contributed by atoms with Crippen molar-refractivity contribution in [2.75, 3.05) is 50.7 Å². The molecule has 1 atom stereocenters. The average Bonchev–Trinajstić information content (AvgIpc) is 3.56. The summed E-state index contributed by atoms with van der Waals surface area (Å²) in [4.78, 5) is 43.9. The largest absolute Gasteiger partial charge is 0.462 e. The molecule has 0 aromatic heterocycles. The molecule has 190 valence electrons. The summed E-state index contributed by atoms with van der Waals surface area (Å²) >= 11 is 6.14. The molecule has 4 aliphatic rings. The highest BCUT2D eigenvalue weighted by atomic mass is 35.5. The van der Waals surface area contributed by atoms with E-state index in [0.29, 0.717) is 38.8 Å². The number of piperazine rings is 1. The van der Waals surface area contributed by atoms with E-state index in [9.17, 15) is 14.4 Å². The third-order valence-electron chi connectivity index (χ3n) is 8.22. The number of rotatable bonds is 6. The first kappa shape index (κ1) is 24.4. The van der Waals surface area contributed by atoms with Crippen LogP contribution in [0.1, 0.15) is 45.4 Å². The van der Waals surface area contributed by atoms with Crippen LogP contribution in [0.3, 0.4) is 0 Å². The van der Waals surface area contributed by atoms with Crippen molar-refractivity contribution in [3.63, 3.8) is 0 Å². The number of nitrogens with one attached hydrogen (secondary N) is 1. The molecule has 9 heteroatoms. The average molecular weight is 503 g/mol. The number of esters is 1. The summed E-state index contributed by atoms with van der Waals surface area (Å²) in [6.45, 7) is 7.34. The molecule has 8 nitrogen and oxygen atoms in total. The third-order valence-corrected chi connectivity index (χ3v) is 8.46. The Labute approximate surface area is 211 Å². The molecule has 1 aromatic carbocycles. The first-order valence-corrected chi connectivity index (χ1v) is 13.2. The number of hydrogen-bond donors (Lipinski definition) is 1.